The van der Waals surface area contributed by atoms with Gasteiger partial charge in [0, 0.05) is 10.4 Å². The molecule has 0 aliphatic rings. The Hall–Kier alpha value is -1.89. The van der Waals surface area contributed by atoms with Crippen molar-refractivity contribution in [1.82, 2.24) is 4.98 Å². The average molecular weight is 301 g/mol. The van der Waals surface area contributed by atoms with Gasteiger partial charge in [0.05, 0.1) is 18.5 Å². The van der Waals surface area contributed by atoms with E-state index in [1.165, 1.54) is 0 Å². The summed E-state index contributed by atoms with van der Waals surface area (Å²) >= 11 is 0.798. The molecule has 0 radical (unpaired) electrons. The molecule has 0 spiro atoms. The van der Waals surface area contributed by atoms with Gasteiger partial charge in [-0.1, -0.05) is 30.3 Å². The van der Waals surface area contributed by atoms with Crippen LogP contribution in [0.3, 0.4) is 0 Å². The molecule has 0 saturated carbocycles. The number of aromatic nitrogens is 1. The fourth-order valence-electron chi connectivity index (χ4n) is 1.73. The van der Waals surface area contributed by atoms with E-state index >= 15 is 0 Å². The van der Waals surface area contributed by atoms with Gasteiger partial charge >= 0.3 is 12.1 Å². The maximum absolute atomic E-state index is 12.4. The van der Waals surface area contributed by atoms with Gasteiger partial charge in [0.15, 0.2) is 0 Å². The maximum atomic E-state index is 12.4. The summed E-state index contributed by atoms with van der Waals surface area (Å²) in [5.41, 5.74) is 0.936. The molecule has 0 aliphatic heterocycles. The summed E-state index contributed by atoms with van der Waals surface area (Å²) in [7, 11) is 0. The number of carboxylic acids is 1. The lowest BCUT2D eigenvalue weighted by molar-refractivity contribution is -0.136. The van der Waals surface area contributed by atoms with Gasteiger partial charge in [-0.25, -0.2) is 4.98 Å². The van der Waals surface area contributed by atoms with Gasteiger partial charge in [0.25, 0.3) is 0 Å². The molecule has 2 aromatic rings. The number of thiazole rings is 1. The van der Waals surface area contributed by atoms with E-state index in [4.69, 9.17) is 5.11 Å². The highest BCUT2D eigenvalue weighted by Crippen LogP contribution is 2.32. The van der Waals surface area contributed by atoms with E-state index in [9.17, 15) is 18.0 Å². The highest BCUT2D eigenvalue weighted by molar-refractivity contribution is 7.12. The summed E-state index contributed by atoms with van der Waals surface area (Å²) < 4.78 is 37.2. The normalized spacial score (nSPS) is 11.6. The Morgan fingerprint density at radius 1 is 1.25 bits per heavy atom. The summed E-state index contributed by atoms with van der Waals surface area (Å²) in [5, 5.41) is 8.72. The van der Waals surface area contributed by atoms with E-state index in [-0.39, 0.29) is 11.4 Å². The van der Waals surface area contributed by atoms with E-state index in [1.807, 2.05) is 0 Å². The van der Waals surface area contributed by atoms with Crippen molar-refractivity contribution < 1.29 is 23.1 Å². The third kappa shape index (κ3) is 3.80. The highest BCUT2D eigenvalue weighted by Gasteiger charge is 2.30. The zero-order chi connectivity index (χ0) is 14.8. The summed E-state index contributed by atoms with van der Waals surface area (Å²) in [6.45, 7) is 0. The number of nitrogens with zero attached hydrogens (tertiary/aromatic N) is 1. The topological polar surface area (TPSA) is 50.2 Å². The lowest BCUT2D eigenvalue weighted by Gasteiger charge is -2.01. The van der Waals surface area contributed by atoms with Crippen molar-refractivity contribution >= 4 is 17.3 Å². The Labute approximate surface area is 116 Å². The summed E-state index contributed by atoms with van der Waals surface area (Å²) in [6, 6.07) is 8.60. The van der Waals surface area contributed by atoms with Crippen molar-refractivity contribution in [1.29, 1.82) is 0 Å². The minimum atomic E-state index is -4.35. The SMILES string of the molecule is O=C(O)Cc1sc(CC(F)(F)F)nc1-c1ccccc1. The molecule has 0 bridgehead atoms. The fraction of sp³-hybridized carbons (Fsp3) is 0.231. The van der Waals surface area contributed by atoms with Gasteiger partial charge in [-0.2, -0.15) is 13.2 Å². The molecule has 0 unspecified atom stereocenters. The minimum Gasteiger partial charge on any atom is -0.481 e. The number of alkyl halides is 3. The number of hydrogen-bond acceptors (Lipinski definition) is 3. The molecular formula is C13H10F3NO2S. The van der Waals surface area contributed by atoms with Gasteiger partial charge in [0.1, 0.15) is 5.01 Å². The third-order valence-electron chi connectivity index (χ3n) is 2.45. The molecule has 1 heterocycles. The fourth-order valence-corrected chi connectivity index (χ4v) is 2.84. The first-order valence-corrected chi connectivity index (χ1v) is 6.49. The molecule has 20 heavy (non-hydrogen) atoms. The molecule has 1 aromatic heterocycles. The molecule has 0 amide bonds. The predicted molar refractivity (Wildman–Crippen MR) is 68.6 cm³/mol. The Balaban J connectivity index is 2.40. The lowest BCUT2D eigenvalue weighted by atomic mass is 10.1. The van der Waals surface area contributed by atoms with Crippen molar-refractivity contribution in [2.75, 3.05) is 0 Å². The number of halogens is 3. The Kier molecular flexibility index (Phi) is 4.08. The Morgan fingerprint density at radius 2 is 1.90 bits per heavy atom. The quantitative estimate of drug-likeness (QED) is 0.939. The van der Waals surface area contributed by atoms with Crippen LogP contribution in [-0.4, -0.2) is 22.2 Å². The second-order valence-corrected chi connectivity index (χ2v) is 5.28. The summed E-state index contributed by atoms with van der Waals surface area (Å²) in [5.74, 6) is -1.09. The van der Waals surface area contributed by atoms with Crippen molar-refractivity contribution in [3.8, 4) is 11.3 Å². The standard InChI is InChI=1S/C13H10F3NO2S/c14-13(15,16)7-10-17-12(8-4-2-1-3-5-8)9(20-10)6-11(18)19/h1-5H,6-7H2,(H,18,19). The van der Waals surface area contributed by atoms with Crippen LogP contribution in [0.25, 0.3) is 11.3 Å². The van der Waals surface area contributed by atoms with Crippen LogP contribution in [0.15, 0.2) is 30.3 Å². The summed E-state index contributed by atoms with van der Waals surface area (Å²) in [6.07, 6.45) is -5.83. The van der Waals surface area contributed by atoms with Gasteiger partial charge in [-0.15, -0.1) is 11.3 Å². The lowest BCUT2D eigenvalue weighted by Crippen LogP contribution is -2.11. The number of aliphatic carboxylic acids is 1. The molecule has 0 saturated heterocycles. The molecule has 106 valence electrons. The zero-order valence-corrected chi connectivity index (χ0v) is 11.0. The number of benzene rings is 1. The second-order valence-electron chi connectivity index (χ2n) is 4.11. The van der Waals surface area contributed by atoms with Crippen LogP contribution >= 0.6 is 11.3 Å². The zero-order valence-electron chi connectivity index (χ0n) is 10.1. The van der Waals surface area contributed by atoms with E-state index in [2.05, 4.69) is 4.98 Å². The average Bonchev–Trinajstić information content (AvgIpc) is 2.69. The van der Waals surface area contributed by atoms with Crippen LogP contribution in [0.1, 0.15) is 9.88 Å². The van der Waals surface area contributed by atoms with E-state index < -0.39 is 18.6 Å². The number of carbonyl (C=O) groups is 1. The third-order valence-corrected chi connectivity index (χ3v) is 3.51. The smallest absolute Gasteiger partial charge is 0.395 e. The van der Waals surface area contributed by atoms with Gasteiger partial charge in [-0.3, -0.25) is 4.79 Å². The Bertz CT molecular complexity index is 608. The predicted octanol–water partition coefficient (Wildman–Crippen LogP) is 3.54. The maximum Gasteiger partial charge on any atom is 0.395 e. The molecule has 0 atom stereocenters. The molecule has 1 aromatic carbocycles. The van der Waals surface area contributed by atoms with Crippen molar-refractivity contribution in [3.63, 3.8) is 0 Å². The molecule has 1 N–H and O–H groups in total. The molecule has 0 fully saturated rings. The van der Waals surface area contributed by atoms with E-state index in [1.54, 1.807) is 30.3 Å². The van der Waals surface area contributed by atoms with Gasteiger partial charge < -0.3 is 5.11 Å². The van der Waals surface area contributed by atoms with Crippen molar-refractivity contribution in [2.45, 2.75) is 19.0 Å². The van der Waals surface area contributed by atoms with E-state index in [0.717, 1.165) is 11.3 Å². The first-order chi connectivity index (χ1) is 9.35. The molecular weight excluding hydrogens is 291 g/mol. The summed E-state index contributed by atoms with van der Waals surface area (Å²) in [4.78, 5) is 15.1. The van der Waals surface area contributed by atoms with Crippen LogP contribution in [0.2, 0.25) is 0 Å². The first kappa shape index (κ1) is 14.5. The van der Waals surface area contributed by atoms with Crippen LogP contribution < -0.4 is 0 Å². The molecule has 2 rings (SSSR count). The number of hydrogen-bond donors (Lipinski definition) is 1. The minimum absolute atomic E-state index is 0.118. The second kappa shape index (κ2) is 5.62. The van der Waals surface area contributed by atoms with E-state index in [0.29, 0.717) is 16.1 Å². The number of carboxylic acid groups (broad SMARTS) is 1. The highest BCUT2D eigenvalue weighted by atomic mass is 32.1. The van der Waals surface area contributed by atoms with Crippen molar-refractivity contribution in [3.05, 3.63) is 40.2 Å². The first-order valence-electron chi connectivity index (χ1n) is 5.68. The van der Waals surface area contributed by atoms with Gasteiger partial charge in [-0.05, 0) is 0 Å². The Morgan fingerprint density at radius 3 is 2.45 bits per heavy atom. The molecule has 0 aliphatic carbocycles. The number of rotatable bonds is 4. The van der Waals surface area contributed by atoms with Crippen LogP contribution in [0.4, 0.5) is 13.2 Å². The molecule has 7 heteroatoms. The van der Waals surface area contributed by atoms with Gasteiger partial charge in [0.2, 0.25) is 0 Å². The van der Waals surface area contributed by atoms with Crippen LogP contribution in [-0.2, 0) is 17.6 Å². The van der Waals surface area contributed by atoms with Crippen LogP contribution in [0, 0.1) is 0 Å². The largest absolute Gasteiger partial charge is 0.481 e. The van der Waals surface area contributed by atoms with Crippen LogP contribution in [0.5, 0.6) is 0 Å². The monoisotopic (exact) mass is 301 g/mol. The van der Waals surface area contributed by atoms with Crippen molar-refractivity contribution in [2.24, 2.45) is 0 Å². The molecule has 3 nitrogen and oxygen atoms in total.